The molecule has 0 bridgehead atoms. The fraction of sp³-hybridized carbons (Fsp3) is 0.467. The monoisotopic (exact) mass is 267 g/mol. The molecule has 0 spiro atoms. The summed E-state index contributed by atoms with van der Waals surface area (Å²) in [5.41, 5.74) is 2.28. The molecule has 1 aromatic carbocycles. The van der Waals surface area contributed by atoms with Crippen LogP contribution in [0, 0.1) is 0 Å². The molecule has 100 valence electrons. The molecule has 0 fully saturated rings. The van der Waals surface area contributed by atoms with Gasteiger partial charge in [0.1, 0.15) is 11.4 Å². The minimum absolute atomic E-state index is 0. The van der Waals surface area contributed by atoms with E-state index >= 15 is 0 Å². The fourth-order valence-electron chi connectivity index (χ4n) is 1.86. The van der Waals surface area contributed by atoms with Crippen molar-refractivity contribution < 1.29 is 4.74 Å². The molecule has 1 heterocycles. The molecule has 2 rings (SSSR count). The zero-order chi connectivity index (χ0) is 12.5. The number of hydrogen-bond acceptors (Lipinski definition) is 2. The molecule has 2 nitrogen and oxygen atoms in total. The normalized spacial score (nSPS) is 15.8. The van der Waals surface area contributed by atoms with Crippen molar-refractivity contribution >= 4 is 18.5 Å². The van der Waals surface area contributed by atoms with Gasteiger partial charge in [-0.15, -0.1) is 12.4 Å². The molecule has 1 N–H and O–H groups in total. The molecular weight excluding hydrogens is 246 g/mol. The van der Waals surface area contributed by atoms with E-state index in [1.165, 1.54) is 11.1 Å². The van der Waals surface area contributed by atoms with E-state index in [2.05, 4.69) is 63.4 Å². The Bertz CT molecular complexity index is 438. The second-order valence-corrected chi connectivity index (χ2v) is 5.45. The van der Waals surface area contributed by atoms with E-state index < -0.39 is 0 Å². The smallest absolute Gasteiger partial charge is 0.127 e. The zero-order valence-electron chi connectivity index (χ0n) is 11.5. The number of halogens is 1. The highest BCUT2D eigenvalue weighted by Crippen LogP contribution is 2.31. The molecule has 0 amide bonds. The van der Waals surface area contributed by atoms with Gasteiger partial charge in [0.2, 0.25) is 0 Å². The molecule has 3 heteroatoms. The number of benzene rings is 1. The summed E-state index contributed by atoms with van der Waals surface area (Å²) in [6, 6.07) is 6.90. The predicted octanol–water partition coefficient (Wildman–Crippen LogP) is 3.79. The second kappa shape index (κ2) is 5.77. The van der Waals surface area contributed by atoms with Gasteiger partial charge in [-0.25, -0.2) is 0 Å². The average molecular weight is 268 g/mol. The highest BCUT2D eigenvalue weighted by molar-refractivity contribution is 5.85. The van der Waals surface area contributed by atoms with Crippen molar-refractivity contribution in [2.75, 3.05) is 0 Å². The first kappa shape index (κ1) is 15.1. The molecule has 1 aliphatic heterocycles. The number of hydrogen-bond donors (Lipinski definition) is 1. The number of fused-ring (bicyclic) bond motifs is 1. The van der Waals surface area contributed by atoms with Crippen molar-refractivity contribution in [2.24, 2.45) is 0 Å². The summed E-state index contributed by atoms with van der Waals surface area (Å²) in [4.78, 5) is 0. The lowest BCUT2D eigenvalue weighted by Crippen LogP contribution is -2.27. The van der Waals surface area contributed by atoms with Crippen molar-refractivity contribution in [3.8, 4) is 5.75 Å². The van der Waals surface area contributed by atoms with Crippen LogP contribution in [0.2, 0.25) is 0 Å². The van der Waals surface area contributed by atoms with E-state index in [1.807, 2.05) is 0 Å². The first-order valence-electron chi connectivity index (χ1n) is 6.21. The highest BCUT2D eigenvalue weighted by Gasteiger charge is 2.21. The lowest BCUT2D eigenvalue weighted by molar-refractivity contribution is 0.159. The van der Waals surface area contributed by atoms with Gasteiger partial charge in [0.05, 0.1) is 0 Å². The minimum Gasteiger partial charge on any atom is -0.483 e. The van der Waals surface area contributed by atoms with Crippen molar-refractivity contribution in [3.63, 3.8) is 0 Å². The zero-order valence-corrected chi connectivity index (χ0v) is 12.3. The van der Waals surface area contributed by atoms with E-state index in [0.717, 1.165) is 12.3 Å². The van der Waals surface area contributed by atoms with Gasteiger partial charge in [0.25, 0.3) is 0 Å². The SMILES string of the molecule is CC(C)NCc1ccc2c(c1)C=CC(C)(C)O2.Cl. The molecule has 0 unspecified atom stereocenters. The van der Waals surface area contributed by atoms with Crippen LogP contribution in [0.1, 0.15) is 38.8 Å². The molecule has 0 aliphatic carbocycles. The van der Waals surface area contributed by atoms with Gasteiger partial charge in [-0.2, -0.15) is 0 Å². The molecule has 18 heavy (non-hydrogen) atoms. The maximum absolute atomic E-state index is 5.89. The number of ether oxygens (including phenoxy) is 1. The summed E-state index contributed by atoms with van der Waals surface area (Å²) < 4.78 is 5.89. The third kappa shape index (κ3) is 3.76. The van der Waals surface area contributed by atoms with Crippen LogP contribution in [0.25, 0.3) is 6.08 Å². The number of nitrogens with one attached hydrogen (secondary N) is 1. The van der Waals surface area contributed by atoms with Crippen molar-refractivity contribution in [3.05, 3.63) is 35.4 Å². The molecule has 0 aromatic heterocycles. The molecular formula is C15H22ClNO. The summed E-state index contributed by atoms with van der Waals surface area (Å²) in [5.74, 6) is 0.978. The summed E-state index contributed by atoms with van der Waals surface area (Å²) in [5, 5.41) is 3.42. The van der Waals surface area contributed by atoms with Crippen LogP contribution >= 0.6 is 12.4 Å². The molecule has 1 aromatic rings. The standard InChI is InChI=1S/C15H21NO.ClH/c1-11(2)16-10-12-5-6-14-13(9-12)7-8-15(3,4)17-14;/h5-9,11,16H,10H2,1-4H3;1H. The Morgan fingerprint density at radius 1 is 1.28 bits per heavy atom. The molecule has 0 atom stereocenters. The van der Waals surface area contributed by atoms with Crippen molar-refractivity contribution in [1.82, 2.24) is 5.32 Å². The van der Waals surface area contributed by atoms with Crippen LogP contribution in [0.5, 0.6) is 5.75 Å². The quantitative estimate of drug-likeness (QED) is 0.900. The summed E-state index contributed by atoms with van der Waals surface area (Å²) in [6.07, 6.45) is 4.26. The summed E-state index contributed by atoms with van der Waals surface area (Å²) >= 11 is 0. The molecule has 0 saturated heterocycles. The van der Waals surface area contributed by atoms with E-state index in [1.54, 1.807) is 0 Å². The number of rotatable bonds is 3. The molecule has 0 saturated carbocycles. The summed E-state index contributed by atoms with van der Waals surface area (Å²) in [6.45, 7) is 9.36. The summed E-state index contributed by atoms with van der Waals surface area (Å²) in [7, 11) is 0. The third-order valence-corrected chi connectivity index (χ3v) is 2.83. The van der Waals surface area contributed by atoms with Gasteiger partial charge in [-0.1, -0.05) is 26.0 Å². The Labute approximate surface area is 116 Å². The van der Waals surface area contributed by atoms with Crippen LogP contribution in [0.4, 0.5) is 0 Å². The van der Waals surface area contributed by atoms with Gasteiger partial charge in [0, 0.05) is 18.2 Å². The maximum Gasteiger partial charge on any atom is 0.127 e. The van der Waals surface area contributed by atoms with Crippen molar-refractivity contribution in [1.29, 1.82) is 0 Å². The first-order chi connectivity index (χ1) is 7.96. The van der Waals surface area contributed by atoms with Crippen molar-refractivity contribution in [2.45, 2.75) is 45.9 Å². The van der Waals surface area contributed by atoms with Gasteiger partial charge in [-0.05, 0) is 37.6 Å². The van der Waals surface area contributed by atoms with Crippen LogP contribution in [-0.2, 0) is 6.54 Å². The average Bonchev–Trinajstić information content (AvgIpc) is 2.25. The van der Waals surface area contributed by atoms with E-state index in [0.29, 0.717) is 6.04 Å². The van der Waals surface area contributed by atoms with Crippen LogP contribution in [-0.4, -0.2) is 11.6 Å². The highest BCUT2D eigenvalue weighted by atomic mass is 35.5. The Hall–Kier alpha value is -0.990. The Balaban J connectivity index is 0.00000162. The third-order valence-electron chi connectivity index (χ3n) is 2.83. The maximum atomic E-state index is 5.89. The van der Waals surface area contributed by atoms with Gasteiger partial charge < -0.3 is 10.1 Å². The molecule has 1 aliphatic rings. The second-order valence-electron chi connectivity index (χ2n) is 5.45. The largest absolute Gasteiger partial charge is 0.483 e. The van der Waals surface area contributed by atoms with Gasteiger partial charge in [-0.3, -0.25) is 0 Å². The Kier molecular flexibility index (Phi) is 4.83. The first-order valence-corrected chi connectivity index (χ1v) is 6.21. The van der Waals surface area contributed by atoms with E-state index in [9.17, 15) is 0 Å². The molecule has 0 radical (unpaired) electrons. The van der Waals surface area contributed by atoms with Crippen LogP contribution in [0.3, 0.4) is 0 Å². The van der Waals surface area contributed by atoms with Gasteiger partial charge >= 0.3 is 0 Å². The van der Waals surface area contributed by atoms with E-state index in [-0.39, 0.29) is 18.0 Å². The van der Waals surface area contributed by atoms with Crippen LogP contribution < -0.4 is 10.1 Å². The topological polar surface area (TPSA) is 21.3 Å². The fourth-order valence-corrected chi connectivity index (χ4v) is 1.86. The Morgan fingerprint density at radius 3 is 2.67 bits per heavy atom. The Morgan fingerprint density at radius 2 is 2.00 bits per heavy atom. The van der Waals surface area contributed by atoms with E-state index in [4.69, 9.17) is 4.74 Å². The predicted molar refractivity (Wildman–Crippen MR) is 79.4 cm³/mol. The van der Waals surface area contributed by atoms with Gasteiger partial charge in [0.15, 0.2) is 0 Å². The minimum atomic E-state index is -0.190. The lowest BCUT2D eigenvalue weighted by atomic mass is 10.0. The lowest BCUT2D eigenvalue weighted by Gasteiger charge is -2.28. The van der Waals surface area contributed by atoms with Crippen LogP contribution in [0.15, 0.2) is 24.3 Å².